The fraction of sp³-hybridized carbons (Fsp3) is 1.00. The molecule has 0 spiro atoms. The van der Waals surface area contributed by atoms with Gasteiger partial charge in [-0.15, -0.1) is 46.9 Å². The Morgan fingerprint density at radius 1 is 1.38 bits per heavy atom. The van der Waals surface area contributed by atoms with E-state index in [1.54, 1.807) is 0 Å². The van der Waals surface area contributed by atoms with Gasteiger partial charge in [0.25, 0.3) is 0 Å². The van der Waals surface area contributed by atoms with Gasteiger partial charge in [-0.2, -0.15) is 0 Å². The summed E-state index contributed by atoms with van der Waals surface area (Å²) in [6.45, 7) is 0. The third-order valence-corrected chi connectivity index (χ3v) is 5.79. The summed E-state index contributed by atoms with van der Waals surface area (Å²) in [4.78, 5) is 0. The van der Waals surface area contributed by atoms with Crippen LogP contribution < -0.4 is 0 Å². The molecule has 0 nitrogen and oxygen atoms in total. The molecule has 0 aliphatic carbocycles. The largest absolute Gasteiger partial charge is 0.140 e. The summed E-state index contributed by atoms with van der Waals surface area (Å²) in [5.74, 6) is 0.801. The highest BCUT2D eigenvalue weighted by Gasteiger charge is 2.12. The Bertz CT molecular complexity index is 62.3. The van der Waals surface area contributed by atoms with E-state index >= 15 is 0 Å². The zero-order valence-corrected chi connectivity index (χ0v) is 7.51. The molecule has 0 N–H and O–H groups in total. The van der Waals surface area contributed by atoms with E-state index in [9.17, 15) is 0 Å². The lowest BCUT2D eigenvalue weighted by molar-refractivity contribution is 1.43. The van der Waals surface area contributed by atoms with Crippen LogP contribution in [0.3, 0.4) is 0 Å². The third-order valence-electron chi connectivity index (χ3n) is 0.801. The molecule has 4 heteroatoms. The second-order valence-corrected chi connectivity index (χ2v) is 6.06. The minimum absolute atomic E-state index is 0.665. The van der Waals surface area contributed by atoms with Gasteiger partial charge in [-0.05, 0) is 0 Å². The molecule has 8 heavy (non-hydrogen) atoms. The van der Waals surface area contributed by atoms with Gasteiger partial charge in [0.15, 0.2) is 0 Å². The number of hydrogen-bond acceptors (Lipinski definition) is 3. The van der Waals surface area contributed by atoms with Gasteiger partial charge >= 0.3 is 0 Å². The predicted octanol–water partition coefficient (Wildman–Crippen LogP) is 2.68. The quantitative estimate of drug-likeness (QED) is 0.578. The molecule has 0 unspecified atom stereocenters. The first-order valence-electron chi connectivity index (χ1n) is 2.30. The van der Waals surface area contributed by atoms with Gasteiger partial charge in [-0.25, -0.2) is 0 Å². The summed E-state index contributed by atoms with van der Waals surface area (Å²) >= 11 is 11.5. The van der Waals surface area contributed by atoms with Gasteiger partial charge in [0, 0.05) is 16.0 Å². The van der Waals surface area contributed by atoms with Crippen molar-refractivity contribution in [3.05, 3.63) is 0 Å². The summed E-state index contributed by atoms with van der Waals surface area (Å²) in [5, 5.41) is 2.45. The van der Waals surface area contributed by atoms with Crippen LogP contribution in [0.25, 0.3) is 0 Å². The van der Waals surface area contributed by atoms with Crippen LogP contribution in [-0.4, -0.2) is 20.6 Å². The van der Waals surface area contributed by atoms with Gasteiger partial charge in [-0.1, -0.05) is 0 Å². The Balaban J connectivity index is 2.13. The Hall–Kier alpha value is 1.34. The SMILES string of the molecule is ClCC1SCSCS1. The molecule has 0 aromatic rings. The summed E-state index contributed by atoms with van der Waals surface area (Å²) in [6.07, 6.45) is 0. The average Bonchev–Trinajstić information content (AvgIpc) is 1.90. The maximum atomic E-state index is 5.63. The highest BCUT2D eigenvalue weighted by molar-refractivity contribution is 8.32. The molecule has 0 saturated carbocycles. The Labute approximate surface area is 67.5 Å². The molecule has 0 radical (unpaired) electrons. The number of rotatable bonds is 1. The standard InChI is InChI=1S/C4H7ClS3/c5-1-4-7-2-6-3-8-4/h4H,1-3H2. The van der Waals surface area contributed by atoms with Gasteiger partial charge in [0.1, 0.15) is 0 Å². The summed E-state index contributed by atoms with van der Waals surface area (Å²) < 4.78 is 0.665. The molecule has 0 aromatic carbocycles. The third kappa shape index (κ3) is 2.29. The van der Waals surface area contributed by atoms with E-state index in [2.05, 4.69) is 0 Å². The fourth-order valence-corrected chi connectivity index (χ4v) is 5.39. The van der Waals surface area contributed by atoms with E-state index in [-0.39, 0.29) is 0 Å². The molecule has 1 fully saturated rings. The van der Waals surface area contributed by atoms with Crippen LogP contribution in [-0.2, 0) is 0 Å². The summed E-state index contributed by atoms with van der Waals surface area (Å²) in [6, 6.07) is 0. The number of hydrogen-bond donors (Lipinski definition) is 0. The van der Waals surface area contributed by atoms with Crippen molar-refractivity contribution >= 4 is 46.9 Å². The lowest BCUT2D eigenvalue weighted by atomic mass is 10.9. The number of halogens is 1. The smallest absolute Gasteiger partial charge is 0.0654 e. The van der Waals surface area contributed by atoms with Gasteiger partial charge in [0.05, 0.1) is 4.58 Å². The zero-order chi connectivity index (χ0) is 5.82. The molecule has 0 atom stereocenters. The number of thioether (sulfide) groups is 3. The van der Waals surface area contributed by atoms with E-state index in [4.69, 9.17) is 11.6 Å². The zero-order valence-electron chi connectivity index (χ0n) is 4.30. The molecule has 1 heterocycles. The average molecular weight is 187 g/mol. The minimum Gasteiger partial charge on any atom is -0.140 e. The van der Waals surface area contributed by atoms with Crippen LogP contribution in [0.5, 0.6) is 0 Å². The monoisotopic (exact) mass is 186 g/mol. The van der Waals surface area contributed by atoms with Gasteiger partial charge in [0.2, 0.25) is 0 Å². The molecule has 1 rings (SSSR count). The minimum atomic E-state index is 0.665. The van der Waals surface area contributed by atoms with E-state index < -0.39 is 0 Å². The van der Waals surface area contributed by atoms with E-state index in [1.165, 1.54) is 10.2 Å². The highest BCUT2D eigenvalue weighted by Crippen LogP contribution is 2.36. The van der Waals surface area contributed by atoms with Crippen molar-refractivity contribution in [3.8, 4) is 0 Å². The van der Waals surface area contributed by atoms with Gasteiger partial charge in [-0.3, -0.25) is 0 Å². The first kappa shape index (κ1) is 7.45. The van der Waals surface area contributed by atoms with E-state index in [0.717, 1.165) is 5.88 Å². The molecular weight excluding hydrogens is 180 g/mol. The molecule has 0 amide bonds. The van der Waals surface area contributed by atoms with Crippen molar-refractivity contribution in [2.24, 2.45) is 0 Å². The normalized spacial score (nSPS) is 23.6. The number of alkyl halides is 1. The van der Waals surface area contributed by atoms with Crippen molar-refractivity contribution in [2.75, 3.05) is 16.0 Å². The summed E-state index contributed by atoms with van der Waals surface area (Å²) in [5.41, 5.74) is 0. The topological polar surface area (TPSA) is 0 Å². The first-order chi connectivity index (χ1) is 3.93. The van der Waals surface area contributed by atoms with Crippen LogP contribution in [0.4, 0.5) is 0 Å². The summed E-state index contributed by atoms with van der Waals surface area (Å²) in [7, 11) is 0. The van der Waals surface area contributed by atoms with Crippen molar-refractivity contribution in [3.63, 3.8) is 0 Å². The van der Waals surface area contributed by atoms with E-state index in [1.807, 2.05) is 35.3 Å². The van der Waals surface area contributed by atoms with Crippen molar-refractivity contribution in [1.82, 2.24) is 0 Å². The lowest BCUT2D eigenvalue weighted by Gasteiger charge is -2.17. The Morgan fingerprint density at radius 3 is 2.38 bits per heavy atom. The molecule has 1 aliphatic heterocycles. The van der Waals surface area contributed by atoms with Crippen LogP contribution in [0.2, 0.25) is 0 Å². The second kappa shape index (κ2) is 4.20. The first-order valence-corrected chi connectivity index (χ1v) is 6.09. The van der Waals surface area contributed by atoms with Crippen molar-refractivity contribution in [1.29, 1.82) is 0 Å². The van der Waals surface area contributed by atoms with Crippen molar-refractivity contribution < 1.29 is 0 Å². The molecular formula is C4H7ClS3. The molecule has 48 valence electrons. The Kier molecular flexibility index (Phi) is 3.91. The second-order valence-electron chi connectivity index (χ2n) is 1.36. The Morgan fingerprint density at radius 2 is 2.00 bits per heavy atom. The van der Waals surface area contributed by atoms with Crippen LogP contribution >= 0.6 is 46.9 Å². The fourth-order valence-electron chi connectivity index (χ4n) is 0.419. The molecule has 0 aromatic heterocycles. The highest BCUT2D eigenvalue weighted by atomic mass is 35.5. The molecule has 1 saturated heterocycles. The lowest BCUT2D eigenvalue weighted by Crippen LogP contribution is -2.03. The van der Waals surface area contributed by atoms with Crippen LogP contribution in [0.1, 0.15) is 0 Å². The maximum Gasteiger partial charge on any atom is 0.0654 e. The van der Waals surface area contributed by atoms with Crippen LogP contribution in [0, 0.1) is 0 Å². The predicted molar refractivity (Wildman–Crippen MR) is 47.0 cm³/mol. The van der Waals surface area contributed by atoms with Crippen molar-refractivity contribution in [2.45, 2.75) is 4.58 Å². The van der Waals surface area contributed by atoms with E-state index in [0.29, 0.717) is 4.58 Å². The van der Waals surface area contributed by atoms with Crippen LogP contribution in [0.15, 0.2) is 0 Å². The van der Waals surface area contributed by atoms with Gasteiger partial charge < -0.3 is 0 Å². The molecule has 1 aliphatic rings. The molecule has 0 bridgehead atoms. The maximum absolute atomic E-state index is 5.63.